The fraction of sp³-hybridized carbons (Fsp3) is 0.200. The summed E-state index contributed by atoms with van der Waals surface area (Å²) < 4.78 is 13.1. The van der Waals surface area contributed by atoms with Gasteiger partial charge in [-0.25, -0.2) is 4.39 Å². The van der Waals surface area contributed by atoms with Gasteiger partial charge in [-0.1, -0.05) is 65.8 Å². The Morgan fingerprint density at radius 3 is 2.13 bits per heavy atom. The van der Waals surface area contributed by atoms with Crippen LogP contribution in [0.1, 0.15) is 30.0 Å². The van der Waals surface area contributed by atoms with Gasteiger partial charge in [-0.05, 0) is 46.9 Å². The molecule has 31 heavy (non-hydrogen) atoms. The molecule has 3 rings (SSSR count). The first-order chi connectivity index (χ1) is 15.0. The maximum absolute atomic E-state index is 13.1. The summed E-state index contributed by atoms with van der Waals surface area (Å²) in [6.45, 7) is 3.30. The van der Waals surface area contributed by atoms with Crippen molar-refractivity contribution in [3.63, 3.8) is 0 Å². The quantitative estimate of drug-likeness (QED) is 0.275. The van der Waals surface area contributed by atoms with E-state index in [1.807, 2.05) is 55.5 Å². The number of nitrogens with one attached hydrogen (secondary N) is 1. The van der Waals surface area contributed by atoms with E-state index in [0.717, 1.165) is 33.5 Å². The number of aliphatic carboxylic acids is 1. The van der Waals surface area contributed by atoms with Gasteiger partial charge in [-0.2, -0.15) is 0 Å². The molecule has 6 heteroatoms. The van der Waals surface area contributed by atoms with E-state index in [4.69, 9.17) is 9.94 Å². The molecule has 2 N–H and O–H groups in total. The van der Waals surface area contributed by atoms with Gasteiger partial charge in [-0.15, -0.1) is 0 Å². The zero-order valence-corrected chi connectivity index (χ0v) is 17.3. The van der Waals surface area contributed by atoms with Crippen molar-refractivity contribution in [3.05, 3.63) is 95.3 Å². The molecular weight excluding hydrogens is 395 g/mol. The third-order valence-electron chi connectivity index (χ3n) is 4.78. The Balaban J connectivity index is 1.49. The van der Waals surface area contributed by atoms with Crippen molar-refractivity contribution < 1.29 is 19.1 Å². The van der Waals surface area contributed by atoms with Crippen LogP contribution in [0.2, 0.25) is 0 Å². The third kappa shape index (κ3) is 7.04. The zero-order chi connectivity index (χ0) is 22.1. The molecule has 5 nitrogen and oxygen atoms in total. The first kappa shape index (κ1) is 22.2. The number of hydrogen-bond donors (Lipinski definition) is 2. The maximum atomic E-state index is 13.1. The summed E-state index contributed by atoms with van der Waals surface area (Å²) in [4.78, 5) is 16.0. The third-order valence-corrected chi connectivity index (χ3v) is 4.78. The Bertz CT molecular complexity index is 1010. The highest BCUT2D eigenvalue weighted by Crippen LogP contribution is 2.20. The molecule has 0 aromatic heterocycles. The number of oxime groups is 1. The van der Waals surface area contributed by atoms with Gasteiger partial charge in [0.25, 0.3) is 0 Å². The molecule has 0 saturated heterocycles. The minimum Gasteiger partial charge on any atom is -0.481 e. The van der Waals surface area contributed by atoms with Gasteiger partial charge in [0.2, 0.25) is 0 Å². The lowest BCUT2D eigenvalue weighted by molar-refractivity contribution is -0.136. The average molecular weight is 420 g/mol. The van der Waals surface area contributed by atoms with Gasteiger partial charge < -0.3 is 15.3 Å². The topological polar surface area (TPSA) is 70.9 Å². The zero-order valence-electron chi connectivity index (χ0n) is 17.3. The van der Waals surface area contributed by atoms with Gasteiger partial charge >= 0.3 is 5.97 Å². The fourth-order valence-corrected chi connectivity index (χ4v) is 2.98. The summed E-state index contributed by atoms with van der Waals surface area (Å²) in [5.41, 5.74) is 5.77. The minimum atomic E-state index is -0.807. The molecule has 0 aliphatic carbocycles. The molecule has 0 amide bonds. The first-order valence-electron chi connectivity index (χ1n) is 10.0. The van der Waals surface area contributed by atoms with Crippen molar-refractivity contribution in [2.75, 3.05) is 6.54 Å². The number of rotatable bonds is 10. The molecule has 0 aliphatic rings. The number of nitrogens with zero attached hydrogens (tertiary/aromatic N) is 1. The maximum Gasteiger partial charge on any atom is 0.304 e. The van der Waals surface area contributed by atoms with E-state index in [1.54, 1.807) is 12.1 Å². The highest BCUT2D eigenvalue weighted by molar-refractivity contribution is 5.98. The highest BCUT2D eigenvalue weighted by atomic mass is 19.1. The second-order valence-electron chi connectivity index (χ2n) is 7.17. The van der Waals surface area contributed by atoms with Crippen molar-refractivity contribution in [3.8, 4) is 11.1 Å². The summed E-state index contributed by atoms with van der Waals surface area (Å²) in [7, 11) is 0. The Hall–Kier alpha value is -3.51. The summed E-state index contributed by atoms with van der Waals surface area (Å²) in [5.74, 6) is -1.05. The van der Waals surface area contributed by atoms with Gasteiger partial charge in [0.05, 0.1) is 12.1 Å². The molecule has 160 valence electrons. The number of carboxylic acid groups (broad SMARTS) is 1. The number of hydrogen-bond acceptors (Lipinski definition) is 4. The van der Waals surface area contributed by atoms with Gasteiger partial charge in [0.1, 0.15) is 12.4 Å². The molecule has 0 unspecified atom stereocenters. The average Bonchev–Trinajstić information content (AvgIpc) is 2.78. The number of halogens is 1. The van der Waals surface area contributed by atoms with Crippen LogP contribution in [0.3, 0.4) is 0 Å². The molecule has 0 aliphatic heterocycles. The van der Waals surface area contributed by atoms with Crippen molar-refractivity contribution in [1.82, 2.24) is 5.32 Å². The Kier molecular flexibility index (Phi) is 7.90. The van der Waals surface area contributed by atoms with E-state index in [9.17, 15) is 9.18 Å². The Morgan fingerprint density at radius 2 is 1.52 bits per heavy atom. The predicted molar refractivity (Wildman–Crippen MR) is 119 cm³/mol. The fourth-order valence-electron chi connectivity index (χ4n) is 2.98. The molecule has 0 spiro atoms. The van der Waals surface area contributed by atoms with E-state index in [0.29, 0.717) is 19.7 Å². The van der Waals surface area contributed by atoms with Gasteiger partial charge in [0, 0.05) is 13.1 Å². The SMILES string of the molecule is CC(=NOCc1ccc(-c2ccc(F)cc2)cc1)c1ccc(CNCCC(=O)O)cc1. The Labute approximate surface area is 181 Å². The van der Waals surface area contributed by atoms with Crippen LogP contribution in [0, 0.1) is 5.82 Å². The van der Waals surface area contributed by atoms with E-state index in [-0.39, 0.29) is 12.2 Å². The summed E-state index contributed by atoms with van der Waals surface area (Å²) in [5, 5.41) is 15.9. The lowest BCUT2D eigenvalue weighted by Gasteiger charge is -2.07. The van der Waals surface area contributed by atoms with Crippen LogP contribution in [-0.2, 0) is 22.8 Å². The molecule has 0 radical (unpaired) electrons. The lowest BCUT2D eigenvalue weighted by Crippen LogP contribution is -2.17. The summed E-state index contributed by atoms with van der Waals surface area (Å²) in [6, 6.07) is 22.2. The van der Waals surface area contributed by atoms with Crippen LogP contribution in [0.25, 0.3) is 11.1 Å². The van der Waals surface area contributed by atoms with Crippen LogP contribution in [0.5, 0.6) is 0 Å². The lowest BCUT2D eigenvalue weighted by atomic mass is 10.0. The predicted octanol–water partition coefficient (Wildman–Crippen LogP) is 5.00. The monoisotopic (exact) mass is 420 g/mol. The van der Waals surface area contributed by atoms with Crippen molar-refractivity contribution in [2.45, 2.75) is 26.5 Å². The molecule has 0 atom stereocenters. The largest absolute Gasteiger partial charge is 0.481 e. The van der Waals surface area contributed by atoms with Crippen LogP contribution >= 0.6 is 0 Å². The molecule has 0 heterocycles. The van der Waals surface area contributed by atoms with Crippen LogP contribution in [0.4, 0.5) is 4.39 Å². The van der Waals surface area contributed by atoms with Crippen molar-refractivity contribution in [1.29, 1.82) is 0 Å². The first-order valence-corrected chi connectivity index (χ1v) is 10.0. The number of benzene rings is 3. The molecule has 3 aromatic carbocycles. The minimum absolute atomic E-state index is 0.107. The van der Waals surface area contributed by atoms with Gasteiger partial charge in [-0.3, -0.25) is 4.79 Å². The van der Waals surface area contributed by atoms with Crippen LogP contribution in [-0.4, -0.2) is 23.3 Å². The van der Waals surface area contributed by atoms with Crippen LogP contribution in [0.15, 0.2) is 78.0 Å². The second-order valence-corrected chi connectivity index (χ2v) is 7.17. The molecule has 3 aromatic rings. The summed E-state index contributed by atoms with van der Waals surface area (Å²) in [6.07, 6.45) is 0.107. The smallest absolute Gasteiger partial charge is 0.304 e. The number of carbonyl (C=O) groups is 1. The highest BCUT2D eigenvalue weighted by Gasteiger charge is 2.02. The normalized spacial score (nSPS) is 11.4. The molecule has 0 saturated carbocycles. The second kappa shape index (κ2) is 11.0. The molecule has 0 bridgehead atoms. The van der Waals surface area contributed by atoms with E-state index < -0.39 is 5.97 Å². The molecular formula is C25H25FN2O3. The van der Waals surface area contributed by atoms with Crippen LogP contribution < -0.4 is 5.32 Å². The standard InChI is InChI=1S/C25H25FN2O3/c1-18(21-6-2-19(3-7-21)16-27-15-14-25(29)30)28-31-17-20-4-8-22(9-5-20)23-10-12-24(26)13-11-23/h2-13,27H,14-17H2,1H3,(H,29,30). The van der Waals surface area contributed by atoms with Gasteiger partial charge in [0.15, 0.2) is 0 Å². The van der Waals surface area contributed by atoms with E-state index in [1.165, 1.54) is 12.1 Å². The van der Waals surface area contributed by atoms with Crippen molar-refractivity contribution in [2.24, 2.45) is 5.16 Å². The number of carboxylic acids is 1. The van der Waals surface area contributed by atoms with E-state index in [2.05, 4.69) is 10.5 Å². The molecule has 0 fully saturated rings. The van der Waals surface area contributed by atoms with E-state index >= 15 is 0 Å². The Morgan fingerprint density at radius 1 is 0.935 bits per heavy atom. The summed E-state index contributed by atoms with van der Waals surface area (Å²) >= 11 is 0. The van der Waals surface area contributed by atoms with Crippen molar-refractivity contribution >= 4 is 11.7 Å².